The summed E-state index contributed by atoms with van der Waals surface area (Å²) in [6, 6.07) is 65.8. The van der Waals surface area contributed by atoms with Crippen molar-refractivity contribution in [2.24, 2.45) is 0 Å². The smallest absolute Gasteiger partial charge is 0.136 e. The molecule has 0 unspecified atom stereocenters. The summed E-state index contributed by atoms with van der Waals surface area (Å²) in [5.41, 5.74) is 11.6. The number of hydrogen-bond donors (Lipinski definition) is 0. The molecule has 49 heavy (non-hydrogen) atoms. The summed E-state index contributed by atoms with van der Waals surface area (Å²) in [5.74, 6) is 0. The van der Waals surface area contributed by atoms with Gasteiger partial charge < -0.3 is 4.42 Å². The van der Waals surface area contributed by atoms with Crippen LogP contribution in [0.5, 0.6) is 0 Å². The predicted octanol–water partition coefficient (Wildman–Crippen LogP) is 13.7. The maximum absolute atomic E-state index is 6.41. The van der Waals surface area contributed by atoms with Gasteiger partial charge >= 0.3 is 0 Å². The molecule has 0 aliphatic rings. The van der Waals surface area contributed by atoms with Gasteiger partial charge in [0, 0.05) is 10.8 Å². The minimum atomic E-state index is 0.913. The number of para-hydroxylation sites is 1. The van der Waals surface area contributed by atoms with Crippen LogP contribution in [0.15, 0.2) is 186 Å². The van der Waals surface area contributed by atoms with Crippen LogP contribution in [0.4, 0.5) is 0 Å². The number of fused-ring (bicyclic) bond motifs is 6. The lowest BCUT2D eigenvalue weighted by molar-refractivity contribution is 0.669. The SMILES string of the molecule is c1ccc(-c2cccc(-c3ccccc3)c2-c2c3ccccc3c(-c3cccc4cc5c(cc34)oc3ccccc35)c3ccccc23)cc1. The van der Waals surface area contributed by atoms with Gasteiger partial charge in [-0.2, -0.15) is 0 Å². The van der Waals surface area contributed by atoms with Gasteiger partial charge in [-0.3, -0.25) is 0 Å². The van der Waals surface area contributed by atoms with E-state index in [9.17, 15) is 0 Å². The van der Waals surface area contributed by atoms with Gasteiger partial charge in [0.2, 0.25) is 0 Å². The van der Waals surface area contributed by atoms with Crippen molar-refractivity contribution >= 4 is 54.3 Å². The lowest BCUT2D eigenvalue weighted by Gasteiger charge is -2.22. The number of hydrogen-bond acceptors (Lipinski definition) is 1. The van der Waals surface area contributed by atoms with Crippen LogP contribution in [-0.2, 0) is 0 Å². The molecular weight excluding hydrogens is 593 g/mol. The largest absolute Gasteiger partial charge is 0.456 e. The first-order valence-corrected chi connectivity index (χ1v) is 16.9. The average molecular weight is 623 g/mol. The highest BCUT2D eigenvalue weighted by molar-refractivity contribution is 6.26. The summed E-state index contributed by atoms with van der Waals surface area (Å²) in [4.78, 5) is 0. The van der Waals surface area contributed by atoms with Crippen molar-refractivity contribution in [3.8, 4) is 44.5 Å². The quantitative estimate of drug-likeness (QED) is 0.178. The highest BCUT2D eigenvalue weighted by Gasteiger charge is 2.23. The molecule has 1 heterocycles. The Morgan fingerprint density at radius 2 is 0.755 bits per heavy atom. The van der Waals surface area contributed by atoms with E-state index >= 15 is 0 Å². The molecule has 0 fully saturated rings. The van der Waals surface area contributed by atoms with E-state index < -0.39 is 0 Å². The third kappa shape index (κ3) is 4.33. The highest BCUT2D eigenvalue weighted by Crippen LogP contribution is 2.50. The number of rotatable bonds is 4. The molecule has 228 valence electrons. The topological polar surface area (TPSA) is 13.1 Å². The molecular formula is C48H30O. The normalized spacial score (nSPS) is 11.7. The molecule has 0 bridgehead atoms. The molecule has 0 amide bonds. The van der Waals surface area contributed by atoms with Gasteiger partial charge in [-0.1, -0.05) is 164 Å². The molecule has 1 heteroatoms. The van der Waals surface area contributed by atoms with E-state index in [1.807, 2.05) is 6.07 Å². The van der Waals surface area contributed by atoms with E-state index in [0.29, 0.717) is 0 Å². The maximum atomic E-state index is 6.41. The van der Waals surface area contributed by atoms with Crippen molar-refractivity contribution in [1.29, 1.82) is 0 Å². The molecule has 10 aromatic rings. The molecule has 0 spiro atoms. The van der Waals surface area contributed by atoms with Crippen molar-refractivity contribution in [3.63, 3.8) is 0 Å². The number of benzene rings is 9. The van der Waals surface area contributed by atoms with E-state index in [2.05, 4.69) is 176 Å². The summed E-state index contributed by atoms with van der Waals surface area (Å²) >= 11 is 0. The summed E-state index contributed by atoms with van der Waals surface area (Å²) in [5, 5.41) is 9.62. The van der Waals surface area contributed by atoms with Crippen LogP contribution in [0.25, 0.3) is 98.8 Å². The van der Waals surface area contributed by atoms with Gasteiger partial charge in [-0.25, -0.2) is 0 Å². The Morgan fingerprint density at radius 3 is 1.37 bits per heavy atom. The molecule has 0 saturated carbocycles. The van der Waals surface area contributed by atoms with Gasteiger partial charge in [0.05, 0.1) is 0 Å². The van der Waals surface area contributed by atoms with Crippen LogP contribution in [0.1, 0.15) is 0 Å². The Kier molecular flexibility index (Phi) is 6.25. The van der Waals surface area contributed by atoms with Crippen molar-refractivity contribution in [2.45, 2.75) is 0 Å². The molecule has 0 atom stereocenters. The zero-order valence-corrected chi connectivity index (χ0v) is 26.7. The van der Waals surface area contributed by atoms with E-state index in [4.69, 9.17) is 4.42 Å². The van der Waals surface area contributed by atoms with Crippen molar-refractivity contribution in [3.05, 3.63) is 182 Å². The monoisotopic (exact) mass is 622 g/mol. The fraction of sp³-hybridized carbons (Fsp3) is 0. The van der Waals surface area contributed by atoms with Crippen LogP contribution in [0.2, 0.25) is 0 Å². The molecule has 0 N–H and O–H groups in total. The Balaban J connectivity index is 1.34. The fourth-order valence-electron chi connectivity index (χ4n) is 7.94. The van der Waals surface area contributed by atoms with Crippen molar-refractivity contribution in [1.82, 2.24) is 0 Å². The molecule has 9 aromatic carbocycles. The zero-order chi connectivity index (χ0) is 32.3. The van der Waals surface area contributed by atoms with Crippen molar-refractivity contribution < 1.29 is 4.42 Å². The van der Waals surface area contributed by atoms with Gasteiger partial charge in [0.25, 0.3) is 0 Å². The van der Waals surface area contributed by atoms with E-state index in [0.717, 1.165) is 21.9 Å². The van der Waals surface area contributed by atoms with Crippen molar-refractivity contribution in [2.75, 3.05) is 0 Å². The Labute approximate surface area is 284 Å². The minimum absolute atomic E-state index is 0.913. The van der Waals surface area contributed by atoms with E-state index in [1.165, 1.54) is 76.8 Å². The van der Waals surface area contributed by atoms with Crippen LogP contribution in [0.3, 0.4) is 0 Å². The average Bonchev–Trinajstić information content (AvgIpc) is 3.54. The van der Waals surface area contributed by atoms with Crippen LogP contribution in [0, 0.1) is 0 Å². The summed E-state index contributed by atoms with van der Waals surface area (Å²) in [6.07, 6.45) is 0. The maximum Gasteiger partial charge on any atom is 0.136 e. The zero-order valence-electron chi connectivity index (χ0n) is 26.7. The minimum Gasteiger partial charge on any atom is -0.456 e. The standard InChI is InChI=1S/C48H30O/c1-3-15-31(16-4-1)34-25-14-26-35(32-17-5-2-6-18-32)47(34)48-39-23-9-7-21-37(39)46(38-22-8-10-24-40(38)48)41-27-13-19-33-29-43-36-20-11-12-28-44(36)49-45(43)30-42(33)41/h1-30H. The van der Waals surface area contributed by atoms with E-state index in [-0.39, 0.29) is 0 Å². The summed E-state index contributed by atoms with van der Waals surface area (Å²) in [7, 11) is 0. The van der Waals surface area contributed by atoms with Crippen LogP contribution >= 0.6 is 0 Å². The summed E-state index contributed by atoms with van der Waals surface area (Å²) in [6.45, 7) is 0. The molecule has 0 aliphatic carbocycles. The molecule has 0 radical (unpaired) electrons. The second kappa shape index (κ2) is 11.1. The van der Waals surface area contributed by atoms with Gasteiger partial charge in [0.1, 0.15) is 11.2 Å². The fourth-order valence-corrected chi connectivity index (χ4v) is 7.94. The summed E-state index contributed by atoms with van der Waals surface area (Å²) < 4.78 is 6.41. The lowest BCUT2D eigenvalue weighted by Crippen LogP contribution is -1.95. The van der Waals surface area contributed by atoms with Gasteiger partial charge in [-0.05, 0) is 95.0 Å². The molecule has 0 aliphatic heterocycles. The third-order valence-electron chi connectivity index (χ3n) is 10.1. The first kappa shape index (κ1) is 27.7. The second-order valence-corrected chi connectivity index (χ2v) is 12.8. The van der Waals surface area contributed by atoms with Crippen LogP contribution < -0.4 is 0 Å². The molecule has 10 rings (SSSR count). The first-order chi connectivity index (χ1) is 24.3. The highest BCUT2D eigenvalue weighted by atomic mass is 16.3. The van der Waals surface area contributed by atoms with Gasteiger partial charge in [-0.15, -0.1) is 0 Å². The van der Waals surface area contributed by atoms with E-state index in [1.54, 1.807) is 0 Å². The Bertz CT molecular complexity index is 2750. The van der Waals surface area contributed by atoms with Gasteiger partial charge in [0.15, 0.2) is 0 Å². The molecule has 1 aromatic heterocycles. The third-order valence-corrected chi connectivity index (χ3v) is 10.1. The molecule has 1 nitrogen and oxygen atoms in total. The number of furan rings is 1. The van der Waals surface area contributed by atoms with Crippen LogP contribution in [-0.4, -0.2) is 0 Å². The Morgan fingerprint density at radius 1 is 0.265 bits per heavy atom. The lowest BCUT2D eigenvalue weighted by atomic mass is 9.80. The first-order valence-electron chi connectivity index (χ1n) is 16.9. The Hall–Kier alpha value is -6.44. The predicted molar refractivity (Wildman–Crippen MR) is 208 cm³/mol. The molecule has 0 saturated heterocycles. The second-order valence-electron chi connectivity index (χ2n) is 12.8.